The van der Waals surface area contributed by atoms with Gasteiger partial charge in [-0.15, -0.1) is 0 Å². The lowest BCUT2D eigenvalue weighted by molar-refractivity contribution is -0.157. The van der Waals surface area contributed by atoms with Crippen molar-refractivity contribution in [2.24, 2.45) is 5.92 Å². The number of carbonyl (C=O) groups is 1. The molecule has 0 saturated carbocycles. The smallest absolute Gasteiger partial charge is 0.351 e. The van der Waals surface area contributed by atoms with Gasteiger partial charge < -0.3 is 20.3 Å². The van der Waals surface area contributed by atoms with Crippen molar-refractivity contribution in [3.8, 4) is 0 Å². The van der Waals surface area contributed by atoms with Crippen LogP contribution in [0.2, 0.25) is 0 Å². The van der Waals surface area contributed by atoms with Crippen LogP contribution in [0.5, 0.6) is 0 Å². The maximum Gasteiger partial charge on any atom is 0.351 e. The van der Waals surface area contributed by atoms with E-state index in [9.17, 15) is 19.1 Å². The number of hydrogen-bond acceptors (Lipinski definition) is 7. The van der Waals surface area contributed by atoms with Gasteiger partial charge in [-0.25, -0.2) is 9.18 Å². The van der Waals surface area contributed by atoms with Gasteiger partial charge in [0.05, 0.1) is 5.92 Å². The number of ether oxygens (including phenoxy) is 2. The van der Waals surface area contributed by atoms with Crippen LogP contribution in [0.1, 0.15) is 20.1 Å². The molecule has 1 aliphatic rings. The summed E-state index contributed by atoms with van der Waals surface area (Å²) in [6.45, 7) is 2.64. The minimum atomic E-state index is -2.02. The zero-order valence-corrected chi connectivity index (χ0v) is 13.2. The molecule has 2 heterocycles. The number of rotatable bonds is 4. The SMILES string of the molecule is CC(C)C(=O)OC[C@@]1(Cl)O[C@@H](n2ccc(N)nc2=O)[C@H](F)[C@@H]1O. The number of nitrogens with two attached hydrogens (primary N) is 1. The lowest BCUT2D eigenvalue weighted by atomic mass is 10.1. The Kier molecular flexibility index (Phi) is 4.92. The predicted octanol–water partition coefficient (Wildman–Crippen LogP) is 0.188. The Morgan fingerprint density at radius 2 is 2.35 bits per heavy atom. The molecule has 1 fully saturated rings. The van der Waals surface area contributed by atoms with E-state index < -0.39 is 47.7 Å². The summed E-state index contributed by atoms with van der Waals surface area (Å²) >= 11 is 6.04. The average molecular weight is 350 g/mol. The average Bonchev–Trinajstić information content (AvgIpc) is 2.70. The second-order valence-corrected chi connectivity index (χ2v) is 6.13. The molecule has 4 atom stereocenters. The van der Waals surface area contributed by atoms with Gasteiger partial charge in [-0.1, -0.05) is 25.4 Å². The van der Waals surface area contributed by atoms with Crippen molar-refractivity contribution in [1.29, 1.82) is 0 Å². The van der Waals surface area contributed by atoms with Gasteiger partial charge >= 0.3 is 11.7 Å². The molecule has 3 N–H and O–H groups in total. The van der Waals surface area contributed by atoms with Crippen molar-refractivity contribution < 1.29 is 23.8 Å². The van der Waals surface area contributed by atoms with Crippen LogP contribution in [-0.2, 0) is 14.3 Å². The summed E-state index contributed by atoms with van der Waals surface area (Å²) in [5.74, 6) is -1.04. The number of nitrogen functional groups attached to an aromatic ring is 1. The third-order valence-electron chi connectivity index (χ3n) is 3.34. The first-order valence-corrected chi connectivity index (χ1v) is 7.23. The molecule has 8 nitrogen and oxygen atoms in total. The van der Waals surface area contributed by atoms with Gasteiger partial charge in [0.15, 0.2) is 12.4 Å². The number of aliphatic hydroxyl groups is 1. The van der Waals surface area contributed by atoms with E-state index >= 15 is 0 Å². The first-order valence-electron chi connectivity index (χ1n) is 6.86. The molecular formula is C13H17ClFN3O5. The highest BCUT2D eigenvalue weighted by Gasteiger charge is 2.56. The van der Waals surface area contributed by atoms with Crippen LogP contribution in [-0.4, -0.2) is 44.6 Å². The number of carbonyl (C=O) groups excluding carboxylic acids is 1. The largest absolute Gasteiger partial charge is 0.461 e. The standard InChI is InChI=1S/C13H17ClFN3O5/c1-6(2)11(20)22-5-13(14)9(19)8(15)10(23-13)18-4-3-7(16)17-12(18)21/h3-4,6,8-10,19H,5H2,1-2H3,(H2,16,17,21)/t8-,9+,10-,13-/m1/s1. The third kappa shape index (κ3) is 3.46. The topological polar surface area (TPSA) is 117 Å². The van der Waals surface area contributed by atoms with Crippen molar-refractivity contribution in [3.05, 3.63) is 22.7 Å². The Morgan fingerprint density at radius 1 is 1.70 bits per heavy atom. The van der Waals surface area contributed by atoms with E-state index in [2.05, 4.69) is 4.98 Å². The van der Waals surface area contributed by atoms with Gasteiger partial charge in [0.25, 0.3) is 0 Å². The number of hydrogen-bond donors (Lipinski definition) is 2. The molecule has 1 aliphatic heterocycles. The fourth-order valence-corrected chi connectivity index (χ4v) is 2.28. The summed E-state index contributed by atoms with van der Waals surface area (Å²) in [6.07, 6.45) is -4.16. The Morgan fingerprint density at radius 3 is 2.91 bits per heavy atom. The highest BCUT2D eigenvalue weighted by atomic mass is 35.5. The van der Waals surface area contributed by atoms with Crippen LogP contribution < -0.4 is 11.4 Å². The van der Waals surface area contributed by atoms with Crippen molar-refractivity contribution in [2.75, 3.05) is 12.3 Å². The Bertz CT molecular complexity index is 655. The van der Waals surface area contributed by atoms with Gasteiger partial charge in [0.2, 0.25) is 5.06 Å². The van der Waals surface area contributed by atoms with Crippen LogP contribution in [0.3, 0.4) is 0 Å². The molecule has 0 amide bonds. The highest BCUT2D eigenvalue weighted by molar-refractivity contribution is 6.23. The molecule has 23 heavy (non-hydrogen) atoms. The molecule has 0 spiro atoms. The molecule has 0 aliphatic carbocycles. The fraction of sp³-hybridized carbons (Fsp3) is 0.615. The zero-order chi connectivity index (χ0) is 17.4. The molecule has 0 radical (unpaired) electrons. The molecular weight excluding hydrogens is 333 g/mol. The van der Waals surface area contributed by atoms with E-state index in [1.54, 1.807) is 13.8 Å². The first kappa shape index (κ1) is 17.6. The number of alkyl halides is 2. The number of esters is 1. The number of anilines is 1. The minimum Gasteiger partial charge on any atom is -0.461 e. The maximum atomic E-state index is 14.3. The van der Waals surface area contributed by atoms with Crippen molar-refractivity contribution >= 4 is 23.4 Å². The monoisotopic (exact) mass is 349 g/mol. The van der Waals surface area contributed by atoms with Crippen molar-refractivity contribution in [1.82, 2.24) is 9.55 Å². The lowest BCUT2D eigenvalue weighted by Gasteiger charge is -2.24. The molecule has 1 aromatic heterocycles. The van der Waals surface area contributed by atoms with E-state index in [0.717, 1.165) is 4.57 Å². The highest BCUT2D eigenvalue weighted by Crippen LogP contribution is 2.41. The maximum absolute atomic E-state index is 14.3. The van der Waals surface area contributed by atoms with Crippen LogP contribution in [0.4, 0.5) is 10.2 Å². The predicted molar refractivity (Wildman–Crippen MR) is 78.3 cm³/mol. The van der Waals surface area contributed by atoms with Crippen molar-refractivity contribution in [3.63, 3.8) is 0 Å². The summed E-state index contributed by atoms with van der Waals surface area (Å²) in [7, 11) is 0. The first-order chi connectivity index (χ1) is 10.7. The van der Waals surface area contributed by atoms with Gasteiger partial charge in [-0.3, -0.25) is 9.36 Å². The number of aromatic nitrogens is 2. The minimum absolute atomic E-state index is 0.0387. The molecule has 0 bridgehead atoms. The van der Waals surface area contributed by atoms with E-state index in [1.807, 2.05) is 0 Å². The Hall–Kier alpha value is -1.71. The quantitative estimate of drug-likeness (QED) is 0.588. The van der Waals surface area contributed by atoms with Crippen LogP contribution >= 0.6 is 11.6 Å². The summed E-state index contributed by atoms with van der Waals surface area (Å²) in [6, 6.07) is 1.27. The Labute approximate surface area is 136 Å². The van der Waals surface area contributed by atoms with Crippen molar-refractivity contribution in [2.45, 2.75) is 37.4 Å². The molecule has 2 rings (SSSR count). The third-order valence-corrected chi connectivity index (χ3v) is 3.76. The Balaban J connectivity index is 2.20. The summed E-state index contributed by atoms with van der Waals surface area (Å²) in [5.41, 5.74) is 4.50. The van der Waals surface area contributed by atoms with Gasteiger partial charge in [-0.05, 0) is 6.07 Å². The molecule has 1 aromatic rings. The summed E-state index contributed by atoms with van der Waals surface area (Å²) < 4.78 is 25.3. The van der Waals surface area contributed by atoms with E-state index in [1.165, 1.54) is 12.3 Å². The van der Waals surface area contributed by atoms with Gasteiger partial charge in [0, 0.05) is 6.20 Å². The molecule has 10 heteroatoms. The summed E-state index contributed by atoms with van der Waals surface area (Å²) in [5, 5.41) is 7.96. The number of aliphatic hydroxyl groups excluding tert-OH is 1. The zero-order valence-electron chi connectivity index (χ0n) is 12.5. The van der Waals surface area contributed by atoms with Gasteiger partial charge in [-0.2, -0.15) is 4.98 Å². The number of halogens is 2. The van der Waals surface area contributed by atoms with Crippen LogP contribution in [0.25, 0.3) is 0 Å². The normalized spacial score (nSPS) is 30.6. The van der Waals surface area contributed by atoms with E-state index in [0.29, 0.717) is 0 Å². The van der Waals surface area contributed by atoms with Crippen LogP contribution in [0, 0.1) is 5.92 Å². The molecule has 1 saturated heterocycles. The molecule has 0 unspecified atom stereocenters. The number of nitrogens with zero attached hydrogens (tertiary/aromatic N) is 2. The molecule has 0 aromatic carbocycles. The second-order valence-electron chi connectivity index (χ2n) is 5.49. The van der Waals surface area contributed by atoms with Crippen LogP contribution in [0.15, 0.2) is 17.1 Å². The lowest BCUT2D eigenvalue weighted by Crippen LogP contribution is -2.42. The van der Waals surface area contributed by atoms with Gasteiger partial charge in [0.1, 0.15) is 18.5 Å². The molecule has 128 valence electrons. The fourth-order valence-electron chi connectivity index (χ4n) is 2.01. The second kappa shape index (κ2) is 6.42. The van der Waals surface area contributed by atoms with E-state index in [-0.39, 0.29) is 5.82 Å². The van der Waals surface area contributed by atoms with E-state index in [4.69, 9.17) is 26.8 Å². The summed E-state index contributed by atoms with van der Waals surface area (Å²) in [4.78, 5) is 26.7.